The average molecular weight is 233 g/mol. The molecule has 0 saturated carbocycles. The quantitative estimate of drug-likeness (QED) is 0.801. The molecule has 0 bridgehead atoms. The van der Waals surface area contributed by atoms with Crippen LogP contribution in [-0.2, 0) is 0 Å². The van der Waals surface area contributed by atoms with E-state index >= 15 is 0 Å². The molecule has 1 rings (SSSR count). The summed E-state index contributed by atoms with van der Waals surface area (Å²) in [6, 6.07) is 6.15. The van der Waals surface area contributed by atoms with Crippen LogP contribution < -0.4 is 9.47 Å². The summed E-state index contributed by atoms with van der Waals surface area (Å²) in [4.78, 5) is 0. The van der Waals surface area contributed by atoms with Crippen LogP contribution in [0.1, 0.15) is 30.9 Å². The van der Waals surface area contributed by atoms with Gasteiger partial charge in [0.25, 0.3) is 0 Å². The molecule has 3 heteroatoms. The molecule has 1 unspecified atom stereocenters. The average Bonchev–Trinajstić information content (AvgIpc) is 2.30. The van der Waals surface area contributed by atoms with Crippen LogP contribution in [-0.4, -0.2) is 14.2 Å². The van der Waals surface area contributed by atoms with Crippen molar-refractivity contribution in [3.63, 3.8) is 0 Å². The van der Waals surface area contributed by atoms with Gasteiger partial charge < -0.3 is 9.47 Å². The minimum atomic E-state index is -0.181. The normalized spacial score (nSPS) is 12.1. The zero-order valence-electron chi connectivity index (χ0n) is 11.1. The summed E-state index contributed by atoms with van der Waals surface area (Å²) in [6.45, 7) is 6.02. The molecule has 1 aromatic rings. The van der Waals surface area contributed by atoms with Crippen molar-refractivity contribution in [3.8, 4) is 17.6 Å². The summed E-state index contributed by atoms with van der Waals surface area (Å²) in [7, 11) is 3.26. The van der Waals surface area contributed by atoms with Crippen molar-refractivity contribution in [2.75, 3.05) is 14.2 Å². The van der Waals surface area contributed by atoms with Crippen molar-refractivity contribution >= 4 is 0 Å². The van der Waals surface area contributed by atoms with Crippen LogP contribution in [0.15, 0.2) is 12.1 Å². The fourth-order valence-electron chi connectivity index (χ4n) is 1.89. The van der Waals surface area contributed by atoms with Gasteiger partial charge in [0.15, 0.2) is 0 Å². The van der Waals surface area contributed by atoms with Crippen LogP contribution in [0.25, 0.3) is 0 Å². The van der Waals surface area contributed by atoms with E-state index in [9.17, 15) is 5.26 Å². The first kappa shape index (κ1) is 13.4. The lowest BCUT2D eigenvalue weighted by atomic mass is 9.88. The van der Waals surface area contributed by atoms with Gasteiger partial charge >= 0.3 is 0 Å². The Labute approximate surface area is 103 Å². The second kappa shape index (κ2) is 5.58. The fourth-order valence-corrected chi connectivity index (χ4v) is 1.89. The third-order valence-electron chi connectivity index (χ3n) is 2.89. The summed E-state index contributed by atoms with van der Waals surface area (Å²) >= 11 is 0. The Hall–Kier alpha value is -1.69. The topological polar surface area (TPSA) is 42.2 Å². The first-order chi connectivity index (χ1) is 8.04. The predicted octanol–water partition coefficient (Wildman–Crippen LogP) is 3.28. The Morgan fingerprint density at radius 3 is 2.12 bits per heavy atom. The highest BCUT2D eigenvalue weighted by Gasteiger charge is 2.21. The van der Waals surface area contributed by atoms with Crippen LogP contribution in [0.4, 0.5) is 0 Å². The van der Waals surface area contributed by atoms with E-state index < -0.39 is 0 Å². The lowest BCUT2D eigenvalue weighted by Gasteiger charge is -2.18. The molecular formula is C14H19NO2. The van der Waals surface area contributed by atoms with Gasteiger partial charge in [-0.05, 0) is 30.5 Å². The minimum absolute atomic E-state index is 0.181. The molecule has 0 heterocycles. The number of hydrogen-bond acceptors (Lipinski definition) is 3. The van der Waals surface area contributed by atoms with Crippen molar-refractivity contribution in [1.29, 1.82) is 5.26 Å². The molecule has 3 nitrogen and oxygen atoms in total. The van der Waals surface area contributed by atoms with E-state index in [-0.39, 0.29) is 11.8 Å². The zero-order valence-corrected chi connectivity index (χ0v) is 11.1. The number of nitrogens with zero attached hydrogens (tertiary/aromatic N) is 1. The SMILES string of the molecule is COc1cc(C(C#N)C(C)C)c(OC)cc1C. The maximum absolute atomic E-state index is 9.26. The van der Waals surface area contributed by atoms with Crippen LogP contribution in [0, 0.1) is 24.2 Å². The Morgan fingerprint density at radius 1 is 1.12 bits per heavy atom. The first-order valence-electron chi connectivity index (χ1n) is 5.67. The second-order valence-electron chi connectivity index (χ2n) is 4.41. The molecule has 0 N–H and O–H groups in total. The lowest BCUT2D eigenvalue weighted by molar-refractivity contribution is 0.391. The highest BCUT2D eigenvalue weighted by atomic mass is 16.5. The maximum Gasteiger partial charge on any atom is 0.123 e. The summed E-state index contributed by atoms with van der Waals surface area (Å²) in [5, 5.41) is 9.26. The minimum Gasteiger partial charge on any atom is -0.496 e. The van der Waals surface area contributed by atoms with Crippen molar-refractivity contribution in [3.05, 3.63) is 23.3 Å². The Balaban J connectivity index is 3.35. The van der Waals surface area contributed by atoms with Crippen molar-refractivity contribution in [2.24, 2.45) is 5.92 Å². The van der Waals surface area contributed by atoms with E-state index in [2.05, 4.69) is 6.07 Å². The van der Waals surface area contributed by atoms with Gasteiger partial charge in [-0.15, -0.1) is 0 Å². The van der Waals surface area contributed by atoms with Gasteiger partial charge in [0.1, 0.15) is 11.5 Å². The Morgan fingerprint density at radius 2 is 1.71 bits per heavy atom. The van der Waals surface area contributed by atoms with Crippen LogP contribution in [0.2, 0.25) is 0 Å². The van der Waals surface area contributed by atoms with Gasteiger partial charge in [0.05, 0.1) is 26.2 Å². The second-order valence-corrected chi connectivity index (χ2v) is 4.41. The molecule has 0 aliphatic heterocycles. The lowest BCUT2D eigenvalue weighted by Crippen LogP contribution is -2.07. The van der Waals surface area contributed by atoms with Gasteiger partial charge in [0, 0.05) is 5.56 Å². The van der Waals surface area contributed by atoms with Crippen LogP contribution in [0.3, 0.4) is 0 Å². The molecule has 0 saturated heterocycles. The molecule has 92 valence electrons. The molecular weight excluding hydrogens is 214 g/mol. The third-order valence-corrected chi connectivity index (χ3v) is 2.89. The monoisotopic (exact) mass is 233 g/mol. The van der Waals surface area contributed by atoms with E-state index in [1.807, 2.05) is 32.9 Å². The van der Waals surface area contributed by atoms with Gasteiger partial charge in [-0.25, -0.2) is 0 Å². The highest BCUT2D eigenvalue weighted by Crippen LogP contribution is 2.36. The van der Waals surface area contributed by atoms with Gasteiger partial charge in [-0.3, -0.25) is 0 Å². The summed E-state index contributed by atoms with van der Waals surface area (Å²) < 4.78 is 10.6. The molecule has 17 heavy (non-hydrogen) atoms. The predicted molar refractivity (Wildman–Crippen MR) is 67.5 cm³/mol. The van der Waals surface area contributed by atoms with E-state index in [1.165, 1.54) is 0 Å². The number of ether oxygens (including phenoxy) is 2. The van der Waals surface area contributed by atoms with Crippen molar-refractivity contribution in [1.82, 2.24) is 0 Å². The molecule has 0 spiro atoms. The van der Waals surface area contributed by atoms with E-state index in [1.54, 1.807) is 14.2 Å². The number of rotatable bonds is 4. The molecule has 1 atom stereocenters. The van der Waals surface area contributed by atoms with Crippen LogP contribution in [0.5, 0.6) is 11.5 Å². The zero-order chi connectivity index (χ0) is 13.0. The summed E-state index contributed by atoms with van der Waals surface area (Å²) in [5.74, 6) is 1.60. The van der Waals surface area contributed by atoms with Crippen LogP contribution >= 0.6 is 0 Å². The number of methoxy groups -OCH3 is 2. The molecule has 0 aliphatic carbocycles. The smallest absolute Gasteiger partial charge is 0.123 e. The maximum atomic E-state index is 9.26. The number of nitriles is 1. The third kappa shape index (κ3) is 2.71. The fraction of sp³-hybridized carbons (Fsp3) is 0.500. The Kier molecular flexibility index (Phi) is 4.39. The number of aryl methyl sites for hydroxylation is 1. The Bertz CT molecular complexity index is 433. The number of benzene rings is 1. The number of hydrogen-bond donors (Lipinski definition) is 0. The van der Waals surface area contributed by atoms with E-state index in [4.69, 9.17) is 9.47 Å². The van der Waals surface area contributed by atoms with E-state index in [0.29, 0.717) is 0 Å². The largest absolute Gasteiger partial charge is 0.496 e. The van der Waals surface area contributed by atoms with Crippen molar-refractivity contribution in [2.45, 2.75) is 26.7 Å². The summed E-state index contributed by atoms with van der Waals surface area (Å²) in [5.41, 5.74) is 1.90. The summed E-state index contributed by atoms with van der Waals surface area (Å²) in [6.07, 6.45) is 0. The highest BCUT2D eigenvalue weighted by molar-refractivity contribution is 5.49. The van der Waals surface area contributed by atoms with E-state index in [0.717, 1.165) is 22.6 Å². The van der Waals surface area contributed by atoms with Gasteiger partial charge in [0.2, 0.25) is 0 Å². The molecule has 0 aromatic heterocycles. The molecule has 1 aromatic carbocycles. The van der Waals surface area contributed by atoms with Crippen molar-refractivity contribution < 1.29 is 9.47 Å². The standard InChI is InChI=1S/C14H19NO2/c1-9(2)12(8-15)11-7-13(16-4)10(3)6-14(11)17-5/h6-7,9,12H,1-5H3. The molecule has 0 radical (unpaired) electrons. The molecule has 0 aliphatic rings. The molecule has 0 amide bonds. The van der Waals surface area contributed by atoms with Gasteiger partial charge in [-0.1, -0.05) is 13.8 Å². The van der Waals surface area contributed by atoms with Gasteiger partial charge in [-0.2, -0.15) is 5.26 Å². The first-order valence-corrected chi connectivity index (χ1v) is 5.67. The molecule has 0 fully saturated rings.